The summed E-state index contributed by atoms with van der Waals surface area (Å²) in [6.07, 6.45) is 0. The Morgan fingerprint density at radius 2 is 1.50 bits per heavy atom. The predicted molar refractivity (Wildman–Crippen MR) is 42.3 cm³/mol. The molecule has 0 aliphatic rings. The molecule has 0 spiro atoms. The average molecular weight is 193 g/mol. The van der Waals surface area contributed by atoms with Gasteiger partial charge in [-0.1, -0.05) is 0 Å². The minimum Gasteiger partial charge on any atom is -1.00 e. The Morgan fingerprint density at radius 1 is 1.20 bits per heavy atom. The quantitative estimate of drug-likeness (QED) is 0.468. The standard InChI is InChI=1S/C5H14NO.2ClH.H3N/c1-6(2,3)4-5-7;;;/h7H,4-5H2,1-3H3;2*1H;1H3/q+1;;;/p-1. The zero-order valence-corrected chi connectivity index (χ0v) is 8.37. The monoisotopic (exact) mass is 192 g/mol. The van der Waals surface area contributed by atoms with Crippen LogP contribution in [0.4, 0.5) is 0 Å². The first-order valence-electron chi connectivity index (χ1n) is 2.47. The van der Waals surface area contributed by atoms with E-state index in [0.29, 0.717) is 0 Å². The number of halogens is 2. The number of rotatable bonds is 2. The van der Waals surface area contributed by atoms with Crippen LogP contribution < -0.4 is 18.6 Å². The molecule has 0 aromatic rings. The van der Waals surface area contributed by atoms with E-state index in [1.54, 1.807) is 0 Å². The van der Waals surface area contributed by atoms with E-state index >= 15 is 0 Å². The molecule has 5 heteroatoms. The normalized spacial score (nSPS) is 8.40. The molecular formula is C5H18Cl2N2O. The molecule has 0 bridgehead atoms. The van der Waals surface area contributed by atoms with Crippen LogP contribution in [0.5, 0.6) is 0 Å². The molecule has 0 unspecified atom stereocenters. The lowest BCUT2D eigenvalue weighted by molar-refractivity contribution is -0.870. The van der Waals surface area contributed by atoms with Gasteiger partial charge in [-0.15, -0.1) is 12.4 Å². The molecule has 0 fully saturated rings. The Morgan fingerprint density at radius 3 is 1.50 bits per heavy atom. The van der Waals surface area contributed by atoms with E-state index in [0.717, 1.165) is 11.0 Å². The summed E-state index contributed by atoms with van der Waals surface area (Å²) >= 11 is 0. The lowest BCUT2D eigenvalue weighted by Gasteiger charge is -2.21. The van der Waals surface area contributed by atoms with Crippen molar-refractivity contribution >= 4 is 12.4 Å². The second kappa shape index (κ2) is 9.46. The van der Waals surface area contributed by atoms with Gasteiger partial charge >= 0.3 is 0 Å². The Labute approximate surface area is 75.4 Å². The Kier molecular flexibility index (Phi) is 21.2. The maximum absolute atomic E-state index is 8.39. The lowest BCUT2D eigenvalue weighted by atomic mass is 10.5. The number of hydrogen-bond acceptors (Lipinski definition) is 2. The molecular weight excluding hydrogens is 175 g/mol. The molecule has 68 valence electrons. The third kappa shape index (κ3) is 23.7. The van der Waals surface area contributed by atoms with Crippen LogP contribution in [0.25, 0.3) is 0 Å². The second-order valence-electron chi connectivity index (χ2n) is 2.74. The zero-order valence-electron chi connectivity index (χ0n) is 6.80. The van der Waals surface area contributed by atoms with Gasteiger partial charge in [0.25, 0.3) is 0 Å². The Hall–Kier alpha value is 0.460. The van der Waals surface area contributed by atoms with Gasteiger partial charge in [0.05, 0.1) is 27.7 Å². The molecule has 0 radical (unpaired) electrons. The fraction of sp³-hybridized carbons (Fsp3) is 1.00. The van der Waals surface area contributed by atoms with E-state index in [2.05, 4.69) is 21.1 Å². The molecule has 0 rings (SSSR count). The zero-order chi connectivity index (χ0) is 5.91. The summed E-state index contributed by atoms with van der Waals surface area (Å²) in [5.74, 6) is 0. The topological polar surface area (TPSA) is 55.2 Å². The van der Waals surface area contributed by atoms with E-state index in [1.807, 2.05) is 0 Å². The van der Waals surface area contributed by atoms with Crippen molar-refractivity contribution in [2.24, 2.45) is 0 Å². The third-order valence-electron chi connectivity index (χ3n) is 0.771. The SMILES string of the molecule is C[N+](C)(C)CCO.Cl.N.[Cl-]. The van der Waals surface area contributed by atoms with Gasteiger partial charge in [-0.3, -0.25) is 0 Å². The number of nitrogens with zero attached hydrogens (tertiary/aromatic N) is 1. The highest BCUT2D eigenvalue weighted by atomic mass is 35.5. The number of hydrogen-bond donors (Lipinski definition) is 2. The molecule has 0 heterocycles. The molecule has 0 aromatic heterocycles. The van der Waals surface area contributed by atoms with Crippen LogP contribution in [0.2, 0.25) is 0 Å². The highest BCUT2D eigenvalue weighted by Crippen LogP contribution is 1.84. The van der Waals surface area contributed by atoms with E-state index in [9.17, 15) is 0 Å². The fourth-order valence-corrected chi connectivity index (χ4v) is 0.300. The van der Waals surface area contributed by atoms with E-state index in [-0.39, 0.29) is 37.6 Å². The van der Waals surface area contributed by atoms with Crippen LogP contribution in [0.15, 0.2) is 0 Å². The number of quaternary nitrogens is 1. The van der Waals surface area contributed by atoms with Crippen LogP contribution in [0.3, 0.4) is 0 Å². The molecule has 0 aliphatic carbocycles. The van der Waals surface area contributed by atoms with Gasteiger partial charge in [0.2, 0.25) is 0 Å². The minimum absolute atomic E-state index is 0. The molecule has 4 N–H and O–H groups in total. The number of likely N-dealkylation sites (N-methyl/N-ethyl adjacent to an activating group) is 1. The second-order valence-corrected chi connectivity index (χ2v) is 2.74. The van der Waals surface area contributed by atoms with Crippen molar-refractivity contribution in [2.75, 3.05) is 34.3 Å². The van der Waals surface area contributed by atoms with Crippen molar-refractivity contribution in [1.29, 1.82) is 0 Å². The first-order valence-corrected chi connectivity index (χ1v) is 2.47. The molecule has 0 atom stereocenters. The summed E-state index contributed by atoms with van der Waals surface area (Å²) in [6.45, 7) is 1.11. The van der Waals surface area contributed by atoms with Crippen molar-refractivity contribution in [3.8, 4) is 0 Å². The smallest absolute Gasteiger partial charge is 0.101 e. The first kappa shape index (κ1) is 22.4. The lowest BCUT2D eigenvalue weighted by Crippen LogP contribution is -3.00. The van der Waals surface area contributed by atoms with Crippen molar-refractivity contribution in [2.45, 2.75) is 0 Å². The number of aliphatic hydroxyl groups excluding tert-OH is 1. The van der Waals surface area contributed by atoms with Gasteiger partial charge in [-0.25, -0.2) is 0 Å². The Bertz CT molecular complexity index is 56.1. The minimum atomic E-state index is 0. The van der Waals surface area contributed by atoms with Gasteiger partial charge in [-0.05, 0) is 0 Å². The molecule has 0 saturated carbocycles. The highest BCUT2D eigenvalue weighted by molar-refractivity contribution is 5.85. The van der Waals surface area contributed by atoms with Gasteiger partial charge in [0.1, 0.15) is 6.54 Å². The molecule has 0 saturated heterocycles. The number of aliphatic hydroxyl groups is 1. The molecule has 10 heavy (non-hydrogen) atoms. The molecule has 0 aliphatic heterocycles. The van der Waals surface area contributed by atoms with Gasteiger partial charge in [-0.2, -0.15) is 0 Å². The van der Waals surface area contributed by atoms with Crippen molar-refractivity contribution in [3.05, 3.63) is 0 Å². The van der Waals surface area contributed by atoms with Crippen LogP contribution in [-0.2, 0) is 0 Å². The summed E-state index contributed by atoms with van der Waals surface area (Å²) in [5, 5.41) is 8.39. The fourth-order valence-electron chi connectivity index (χ4n) is 0.300. The summed E-state index contributed by atoms with van der Waals surface area (Å²) in [7, 11) is 6.16. The third-order valence-corrected chi connectivity index (χ3v) is 0.771. The van der Waals surface area contributed by atoms with Crippen LogP contribution in [0, 0.1) is 0 Å². The summed E-state index contributed by atoms with van der Waals surface area (Å²) < 4.78 is 0.844. The maximum Gasteiger partial charge on any atom is 0.101 e. The van der Waals surface area contributed by atoms with Gasteiger partial charge < -0.3 is 28.1 Å². The van der Waals surface area contributed by atoms with Crippen molar-refractivity contribution in [1.82, 2.24) is 6.15 Å². The Balaban J connectivity index is -0.0000000600. The average Bonchev–Trinajstić information content (AvgIpc) is 1.30. The molecule has 0 aromatic carbocycles. The van der Waals surface area contributed by atoms with Crippen molar-refractivity contribution in [3.63, 3.8) is 0 Å². The molecule has 3 nitrogen and oxygen atoms in total. The van der Waals surface area contributed by atoms with Crippen LogP contribution in [0.1, 0.15) is 0 Å². The van der Waals surface area contributed by atoms with E-state index in [1.165, 1.54) is 0 Å². The van der Waals surface area contributed by atoms with E-state index < -0.39 is 0 Å². The van der Waals surface area contributed by atoms with Crippen LogP contribution >= 0.6 is 12.4 Å². The summed E-state index contributed by atoms with van der Waals surface area (Å²) in [6, 6.07) is 0. The van der Waals surface area contributed by atoms with Crippen molar-refractivity contribution < 1.29 is 22.0 Å². The van der Waals surface area contributed by atoms with E-state index in [4.69, 9.17) is 5.11 Å². The maximum atomic E-state index is 8.39. The summed E-state index contributed by atoms with van der Waals surface area (Å²) in [4.78, 5) is 0. The van der Waals surface area contributed by atoms with Crippen LogP contribution in [-0.4, -0.2) is 43.9 Å². The van der Waals surface area contributed by atoms with Gasteiger partial charge in [0.15, 0.2) is 0 Å². The largest absolute Gasteiger partial charge is 1.00 e. The summed E-state index contributed by atoms with van der Waals surface area (Å²) in [5.41, 5.74) is 0. The highest BCUT2D eigenvalue weighted by Gasteiger charge is 2.02. The molecule has 0 amide bonds. The van der Waals surface area contributed by atoms with Gasteiger partial charge in [0, 0.05) is 0 Å². The predicted octanol–water partition coefficient (Wildman–Crippen LogP) is -2.73. The first-order chi connectivity index (χ1) is 3.06.